The van der Waals surface area contributed by atoms with Gasteiger partial charge < -0.3 is 24.3 Å². The van der Waals surface area contributed by atoms with Crippen molar-refractivity contribution in [1.29, 1.82) is 0 Å². The standard InChI is InChI=1S/C17H24N2O7S/c1-25-14-7-6-13(12-15(14)26-2)27(23,24)19-10-8-18(9-11-19)16(20)4-3-5-17(21)22/h6-7,12H,3-5,8-11H2,1-2H3,(H,21,22)/p-1. The number of nitrogens with zero attached hydrogens (tertiary/aromatic N) is 2. The molecule has 0 spiro atoms. The Kier molecular flexibility index (Phi) is 7.03. The van der Waals surface area contributed by atoms with Gasteiger partial charge in [0.05, 0.1) is 19.1 Å². The minimum Gasteiger partial charge on any atom is -0.550 e. The molecule has 1 aliphatic rings. The fraction of sp³-hybridized carbons (Fsp3) is 0.529. The lowest BCUT2D eigenvalue weighted by atomic mass is 10.2. The smallest absolute Gasteiger partial charge is 0.243 e. The van der Waals surface area contributed by atoms with E-state index in [2.05, 4.69) is 0 Å². The highest BCUT2D eigenvalue weighted by atomic mass is 32.2. The maximum atomic E-state index is 12.8. The summed E-state index contributed by atoms with van der Waals surface area (Å²) in [6, 6.07) is 4.39. The Morgan fingerprint density at radius 2 is 1.67 bits per heavy atom. The van der Waals surface area contributed by atoms with E-state index in [0.717, 1.165) is 0 Å². The fourth-order valence-corrected chi connectivity index (χ4v) is 4.28. The van der Waals surface area contributed by atoms with E-state index in [9.17, 15) is 23.1 Å². The van der Waals surface area contributed by atoms with E-state index in [4.69, 9.17) is 9.47 Å². The minimum atomic E-state index is -3.72. The zero-order valence-electron chi connectivity index (χ0n) is 15.3. The Balaban J connectivity index is 2.00. The number of hydrogen-bond donors (Lipinski definition) is 0. The first kappa shape index (κ1) is 21.0. The molecule has 0 aromatic heterocycles. The Hall–Kier alpha value is -2.33. The average Bonchev–Trinajstić information content (AvgIpc) is 2.67. The lowest BCUT2D eigenvalue weighted by Gasteiger charge is -2.34. The highest BCUT2D eigenvalue weighted by Gasteiger charge is 2.30. The number of aliphatic carboxylic acids is 1. The molecule has 9 nitrogen and oxygen atoms in total. The summed E-state index contributed by atoms with van der Waals surface area (Å²) in [4.78, 5) is 24.1. The van der Waals surface area contributed by atoms with Crippen LogP contribution in [0.15, 0.2) is 23.1 Å². The zero-order chi connectivity index (χ0) is 20.0. The van der Waals surface area contributed by atoms with E-state index in [-0.39, 0.29) is 56.2 Å². The summed E-state index contributed by atoms with van der Waals surface area (Å²) in [7, 11) is -0.826. The van der Waals surface area contributed by atoms with Gasteiger partial charge in [0, 0.05) is 44.6 Å². The number of amides is 1. The highest BCUT2D eigenvalue weighted by molar-refractivity contribution is 7.89. The second-order valence-electron chi connectivity index (χ2n) is 6.03. The number of methoxy groups -OCH3 is 2. The number of carboxylic acids is 1. The summed E-state index contributed by atoms with van der Waals surface area (Å²) >= 11 is 0. The van der Waals surface area contributed by atoms with E-state index < -0.39 is 16.0 Å². The number of hydrogen-bond acceptors (Lipinski definition) is 7. The molecule has 0 atom stereocenters. The molecule has 0 aliphatic carbocycles. The molecule has 0 saturated carbocycles. The molecule has 1 fully saturated rings. The SMILES string of the molecule is COc1ccc(S(=O)(=O)N2CCN(C(=O)CCCC(=O)[O-])CC2)cc1OC. The van der Waals surface area contributed by atoms with Crippen LogP contribution < -0.4 is 14.6 Å². The Labute approximate surface area is 158 Å². The first-order chi connectivity index (χ1) is 12.8. The number of benzene rings is 1. The van der Waals surface area contributed by atoms with Gasteiger partial charge in [-0.05, 0) is 25.0 Å². The summed E-state index contributed by atoms with van der Waals surface area (Å²) in [6.07, 6.45) is 0.154. The molecular formula is C17H23N2O7S-. The molecule has 1 aromatic rings. The topological polar surface area (TPSA) is 116 Å². The van der Waals surface area contributed by atoms with Crippen molar-refractivity contribution in [3.05, 3.63) is 18.2 Å². The van der Waals surface area contributed by atoms with Crippen LogP contribution in [-0.2, 0) is 19.6 Å². The molecule has 0 radical (unpaired) electrons. The molecule has 1 aromatic carbocycles. The van der Waals surface area contributed by atoms with Crippen molar-refractivity contribution in [3.63, 3.8) is 0 Å². The number of sulfonamides is 1. The van der Waals surface area contributed by atoms with E-state index in [1.165, 1.54) is 36.7 Å². The van der Waals surface area contributed by atoms with Crippen molar-refractivity contribution in [2.75, 3.05) is 40.4 Å². The number of carbonyl (C=O) groups is 2. The number of ether oxygens (including phenoxy) is 2. The lowest BCUT2D eigenvalue weighted by Crippen LogP contribution is -2.50. The van der Waals surface area contributed by atoms with E-state index in [1.807, 2.05) is 0 Å². The molecule has 1 heterocycles. The van der Waals surface area contributed by atoms with Crippen LogP contribution in [0.5, 0.6) is 11.5 Å². The van der Waals surface area contributed by atoms with Gasteiger partial charge in [-0.15, -0.1) is 0 Å². The molecule has 150 valence electrons. The number of rotatable bonds is 8. The van der Waals surface area contributed by atoms with Crippen LogP contribution in [0.1, 0.15) is 19.3 Å². The van der Waals surface area contributed by atoms with Gasteiger partial charge >= 0.3 is 0 Å². The number of carboxylic acid groups (broad SMARTS) is 1. The second-order valence-corrected chi connectivity index (χ2v) is 7.97. The Morgan fingerprint density at radius 3 is 2.22 bits per heavy atom. The third kappa shape index (κ3) is 5.10. The van der Waals surface area contributed by atoms with Crippen LogP contribution in [0.3, 0.4) is 0 Å². The molecule has 0 bridgehead atoms. The maximum Gasteiger partial charge on any atom is 0.243 e. The van der Waals surface area contributed by atoms with Crippen molar-refractivity contribution in [2.24, 2.45) is 0 Å². The summed E-state index contributed by atoms with van der Waals surface area (Å²) in [5.41, 5.74) is 0. The molecule has 1 aliphatic heterocycles. The van der Waals surface area contributed by atoms with Crippen LogP contribution in [0.4, 0.5) is 0 Å². The average molecular weight is 399 g/mol. The van der Waals surface area contributed by atoms with E-state index in [0.29, 0.717) is 11.5 Å². The van der Waals surface area contributed by atoms with Gasteiger partial charge in [0.2, 0.25) is 15.9 Å². The molecular weight excluding hydrogens is 376 g/mol. The van der Waals surface area contributed by atoms with Crippen molar-refractivity contribution >= 4 is 21.9 Å². The van der Waals surface area contributed by atoms with Crippen molar-refractivity contribution in [2.45, 2.75) is 24.2 Å². The van der Waals surface area contributed by atoms with Crippen LogP contribution >= 0.6 is 0 Å². The predicted molar refractivity (Wildman–Crippen MR) is 93.7 cm³/mol. The third-order valence-corrected chi connectivity index (χ3v) is 6.25. The molecule has 1 amide bonds. The third-order valence-electron chi connectivity index (χ3n) is 4.36. The first-order valence-corrected chi connectivity index (χ1v) is 9.93. The van der Waals surface area contributed by atoms with Crippen LogP contribution in [-0.4, -0.2) is 69.9 Å². The summed E-state index contributed by atoms with van der Waals surface area (Å²) in [6.45, 7) is 0.860. The van der Waals surface area contributed by atoms with Crippen LogP contribution in [0.25, 0.3) is 0 Å². The second kappa shape index (κ2) is 9.05. The van der Waals surface area contributed by atoms with Gasteiger partial charge in [0.1, 0.15) is 0 Å². The maximum absolute atomic E-state index is 12.8. The lowest BCUT2D eigenvalue weighted by molar-refractivity contribution is -0.305. The van der Waals surface area contributed by atoms with Crippen molar-refractivity contribution in [1.82, 2.24) is 9.21 Å². The Bertz CT molecular complexity index is 786. The van der Waals surface area contributed by atoms with Gasteiger partial charge in [0.25, 0.3) is 0 Å². The van der Waals surface area contributed by atoms with Crippen LogP contribution in [0.2, 0.25) is 0 Å². The van der Waals surface area contributed by atoms with E-state index >= 15 is 0 Å². The molecule has 0 N–H and O–H groups in total. The summed E-state index contributed by atoms with van der Waals surface area (Å²) < 4.78 is 37.3. The van der Waals surface area contributed by atoms with Gasteiger partial charge in [-0.1, -0.05) is 0 Å². The molecule has 1 saturated heterocycles. The van der Waals surface area contributed by atoms with Gasteiger partial charge in [-0.25, -0.2) is 8.42 Å². The molecule has 10 heteroatoms. The largest absolute Gasteiger partial charge is 0.550 e. The first-order valence-electron chi connectivity index (χ1n) is 8.49. The van der Waals surface area contributed by atoms with Crippen molar-refractivity contribution in [3.8, 4) is 11.5 Å². The molecule has 2 rings (SSSR count). The van der Waals surface area contributed by atoms with Gasteiger partial charge in [-0.3, -0.25) is 4.79 Å². The zero-order valence-corrected chi connectivity index (χ0v) is 16.2. The minimum absolute atomic E-state index is 0.0916. The predicted octanol–water partition coefficient (Wildman–Crippen LogP) is -0.543. The Morgan fingerprint density at radius 1 is 1.04 bits per heavy atom. The van der Waals surface area contributed by atoms with Crippen LogP contribution in [0, 0.1) is 0 Å². The van der Waals surface area contributed by atoms with Gasteiger partial charge in [-0.2, -0.15) is 4.31 Å². The number of piperazine rings is 1. The van der Waals surface area contributed by atoms with E-state index in [1.54, 1.807) is 4.90 Å². The highest BCUT2D eigenvalue weighted by Crippen LogP contribution is 2.30. The number of carbonyl (C=O) groups excluding carboxylic acids is 2. The molecule has 27 heavy (non-hydrogen) atoms. The van der Waals surface area contributed by atoms with Crippen molar-refractivity contribution < 1.29 is 32.6 Å². The monoisotopic (exact) mass is 399 g/mol. The normalized spacial score (nSPS) is 15.4. The van der Waals surface area contributed by atoms with Gasteiger partial charge in [0.15, 0.2) is 11.5 Å². The molecule has 0 unspecified atom stereocenters. The summed E-state index contributed by atoms with van der Waals surface area (Å²) in [5, 5.41) is 10.4. The summed E-state index contributed by atoms with van der Waals surface area (Å²) in [5.74, 6) is -0.614. The quantitative estimate of drug-likeness (QED) is 0.576. The fourth-order valence-electron chi connectivity index (χ4n) is 2.85.